The second kappa shape index (κ2) is 8.60. The Morgan fingerprint density at radius 2 is 1.85 bits per heavy atom. The minimum atomic E-state index is -0.117. The molecular formula is C26H20ClN3OS2. The van der Waals surface area contributed by atoms with Gasteiger partial charge in [0.05, 0.1) is 27.7 Å². The fourth-order valence-corrected chi connectivity index (χ4v) is 6.81. The number of aryl methyl sites for hydroxylation is 1. The van der Waals surface area contributed by atoms with Crippen molar-refractivity contribution in [2.75, 3.05) is 5.75 Å². The van der Waals surface area contributed by atoms with Gasteiger partial charge in [-0.15, -0.1) is 11.3 Å². The predicted molar refractivity (Wildman–Crippen MR) is 136 cm³/mol. The third-order valence-corrected chi connectivity index (χ3v) is 8.71. The molecule has 0 radical (unpaired) electrons. The number of fused-ring (bicyclic) bond motifs is 4. The summed E-state index contributed by atoms with van der Waals surface area (Å²) in [5, 5.41) is 7.33. The second-order valence-electron chi connectivity index (χ2n) is 8.26. The number of thioether (sulfide) groups is 1. The van der Waals surface area contributed by atoms with Crippen LogP contribution in [0.15, 0.2) is 82.2 Å². The van der Waals surface area contributed by atoms with Crippen LogP contribution < -0.4 is 0 Å². The van der Waals surface area contributed by atoms with Gasteiger partial charge < -0.3 is 0 Å². The van der Waals surface area contributed by atoms with Crippen molar-refractivity contribution in [3.05, 3.63) is 94.5 Å². The number of nitrogens with zero attached hydrogens (tertiary/aromatic N) is 3. The topological polar surface area (TPSA) is 45.6 Å². The Balaban J connectivity index is 1.31. The highest BCUT2D eigenvalue weighted by Gasteiger charge is 2.43. The van der Waals surface area contributed by atoms with Crippen LogP contribution in [0, 0.1) is 5.92 Å². The zero-order valence-electron chi connectivity index (χ0n) is 17.6. The van der Waals surface area contributed by atoms with Crippen molar-refractivity contribution in [1.82, 2.24) is 9.99 Å². The standard InChI is InChI=1S/C26H20ClN3OS2/c27-18-12-9-17(10-13-18)25-20-14-11-16-5-1-2-6-19(16)24(20)29-30(25)23(31)15-32-26-28-21-7-3-4-8-22(21)33-26/h1-10,12-13,20,25H,11,14-15H2/t20-,25+/m0/s1. The summed E-state index contributed by atoms with van der Waals surface area (Å²) in [6.07, 6.45) is 1.96. The van der Waals surface area contributed by atoms with Crippen molar-refractivity contribution in [2.45, 2.75) is 23.2 Å². The number of carbonyl (C=O) groups is 1. The van der Waals surface area contributed by atoms with Crippen LogP contribution in [0.1, 0.15) is 29.2 Å². The zero-order chi connectivity index (χ0) is 22.4. The minimum absolute atomic E-state index is 0.00131. The van der Waals surface area contributed by atoms with E-state index >= 15 is 0 Å². The molecule has 0 N–H and O–H groups in total. The quantitative estimate of drug-likeness (QED) is 0.304. The SMILES string of the molecule is O=C(CSc1nc2ccccc2s1)N1N=C2c3ccccc3CC[C@@H]2[C@H]1c1ccc(Cl)cc1. The van der Waals surface area contributed by atoms with Gasteiger partial charge >= 0.3 is 0 Å². The summed E-state index contributed by atoms with van der Waals surface area (Å²) in [6, 6.07) is 24.2. The van der Waals surface area contributed by atoms with E-state index in [-0.39, 0.29) is 17.9 Å². The Labute approximate surface area is 205 Å². The van der Waals surface area contributed by atoms with Gasteiger partial charge in [0, 0.05) is 16.5 Å². The third kappa shape index (κ3) is 3.86. The summed E-state index contributed by atoms with van der Waals surface area (Å²) in [6.45, 7) is 0. The van der Waals surface area contributed by atoms with Crippen LogP contribution in [-0.2, 0) is 11.2 Å². The molecule has 0 saturated carbocycles. The average molecular weight is 490 g/mol. The number of halogens is 1. The molecule has 33 heavy (non-hydrogen) atoms. The Morgan fingerprint density at radius 1 is 1.06 bits per heavy atom. The number of hydrazone groups is 1. The van der Waals surface area contributed by atoms with E-state index in [4.69, 9.17) is 16.7 Å². The fraction of sp³-hybridized carbons (Fsp3) is 0.192. The molecule has 4 aromatic rings. The molecule has 7 heteroatoms. The van der Waals surface area contributed by atoms with Gasteiger partial charge in [0.1, 0.15) is 0 Å². The van der Waals surface area contributed by atoms with E-state index in [2.05, 4.69) is 35.3 Å². The number of thiazole rings is 1. The molecule has 2 heterocycles. The Kier molecular flexibility index (Phi) is 5.45. The molecule has 164 valence electrons. The van der Waals surface area contributed by atoms with Gasteiger partial charge in [0.25, 0.3) is 5.91 Å². The van der Waals surface area contributed by atoms with Crippen molar-refractivity contribution in [2.24, 2.45) is 11.0 Å². The number of hydrogen-bond acceptors (Lipinski definition) is 5. The highest BCUT2D eigenvalue weighted by atomic mass is 35.5. The second-order valence-corrected chi connectivity index (χ2v) is 10.9. The first-order chi connectivity index (χ1) is 16.2. The van der Waals surface area contributed by atoms with Gasteiger partial charge in [0.15, 0.2) is 4.34 Å². The average Bonchev–Trinajstić information content (AvgIpc) is 3.44. The summed E-state index contributed by atoms with van der Waals surface area (Å²) >= 11 is 9.26. The molecule has 6 rings (SSSR count). The maximum atomic E-state index is 13.5. The lowest BCUT2D eigenvalue weighted by molar-refractivity contribution is -0.130. The van der Waals surface area contributed by atoms with Crippen molar-refractivity contribution in [3.8, 4) is 0 Å². The zero-order valence-corrected chi connectivity index (χ0v) is 20.0. The molecule has 1 aliphatic heterocycles. The first-order valence-corrected chi connectivity index (χ1v) is 13.1. The van der Waals surface area contributed by atoms with E-state index in [9.17, 15) is 4.79 Å². The van der Waals surface area contributed by atoms with Crippen molar-refractivity contribution in [3.63, 3.8) is 0 Å². The molecule has 1 aliphatic carbocycles. The van der Waals surface area contributed by atoms with Crippen LogP contribution in [0.5, 0.6) is 0 Å². The van der Waals surface area contributed by atoms with E-state index in [0.717, 1.165) is 38.7 Å². The lowest BCUT2D eigenvalue weighted by Crippen LogP contribution is -2.33. The van der Waals surface area contributed by atoms with Crippen LogP contribution in [0.2, 0.25) is 5.02 Å². The number of amides is 1. The normalized spacial score (nSPS) is 19.3. The number of benzene rings is 3. The molecule has 1 amide bonds. The maximum Gasteiger partial charge on any atom is 0.253 e. The summed E-state index contributed by atoms with van der Waals surface area (Å²) in [4.78, 5) is 18.1. The van der Waals surface area contributed by atoms with Gasteiger partial charge in [-0.3, -0.25) is 4.79 Å². The van der Waals surface area contributed by atoms with E-state index < -0.39 is 0 Å². The Morgan fingerprint density at radius 3 is 2.70 bits per heavy atom. The largest absolute Gasteiger partial charge is 0.272 e. The minimum Gasteiger partial charge on any atom is -0.272 e. The van der Waals surface area contributed by atoms with Crippen LogP contribution in [0.4, 0.5) is 0 Å². The van der Waals surface area contributed by atoms with Gasteiger partial charge in [-0.1, -0.05) is 71.9 Å². The van der Waals surface area contributed by atoms with Crippen molar-refractivity contribution >= 4 is 56.5 Å². The van der Waals surface area contributed by atoms with Crippen molar-refractivity contribution in [1.29, 1.82) is 0 Å². The van der Waals surface area contributed by atoms with E-state index in [1.54, 1.807) is 16.3 Å². The van der Waals surface area contributed by atoms with E-state index in [1.165, 1.54) is 22.9 Å². The maximum absolute atomic E-state index is 13.5. The van der Waals surface area contributed by atoms with E-state index in [0.29, 0.717) is 10.8 Å². The van der Waals surface area contributed by atoms with Crippen LogP contribution in [-0.4, -0.2) is 27.4 Å². The molecule has 0 saturated heterocycles. The van der Waals surface area contributed by atoms with Gasteiger partial charge in [-0.05, 0) is 48.2 Å². The van der Waals surface area contributed by atoms with Gasteiger partial charge in [-0.2, -0.15) is 5.10 Å². The number of hydrogen-bond donors (Lipinski definition) is 0. The monoisotopic (exact) mass is 489 g/mol. The number of aromatic nitrogens is 1. The summed E-state index contributed by atoms with van der Waals surface area (Å²) in [7, 11) is 0. The lowest BCUT2D eigenvalue weighted by Gasteiger charge is -2.29. The molecule has 0 spiro atoms. The summed E-state index contributed by atoms with van der Waals surface area (Å²) in [5.41, 5.74) is 5.54. The molecular weight excluding hydrogens is 470 g/mol. The van der Waals surface area contributed by atoms with Crippen LogP contribution in [0.3, 0.4) is 0 Å². The Bertz CT molecular complexity index is 1350. The molecule has 0 fully saturated rings. The van der Waals surface area contributed by atoms with Crippen LogP contribution >= 0.6 is 34.7 Å². The predicted octanol–water partition coefficient (Wildman–Crippen LogP) is 6.59. The van der Waals surface area contributed by atoms with Crippen LogP contribution in [0.25, 0.3) is 10.2 Å². The van der Waals surface area contributed by atoms with Crippen molar-refractivity contribution < 1.29 is 4.79 Å². The molecule has 4 nitrogen and oxygen atoms in total. The lowest BCUT2D eigenvalue weighted by atomic mass is 9.77. The fourth-order valence-electron chi connectivity index (χ4n) is 4.77. The molecule has 2 aliphatic rings. The molecule has 1 aromatic heterocycles. The Hall–Kier alpha value is -2.67. The molecule has 2 atom stereocenters. The molecule has 0 bridgehead atoms. The highest BCUT2D eigenvalue weighted by molar-refractivity contribution is 8.01. The summed E-state index contributed by atoms with van der Waals surface area (Å²) < 4.78 is 2.04. The van der Waals surface area contributed by atoms with Gasteiger partial charge in [-0.25, -0.2) is 9.99 Å². The number of para-hydroxylation sites is 1. The number of carbonyl (C=O) groups excluding carboxylic acids is 1. The molecule has 3 aromatic carbocycles. The highest BCUT2D eigenvalue weighted by Crippen LogP contribution is 2.44. The first-order valence-electron chi connectivity index (χ1n) is 10.9. The van der Waals surface area contributed by atoms with E-state index in [1.807, 2.05) is 42.5 Å². The smallest absolute Gasteiger partial charge is 0.253 e. The van der Waals surface area contributed by atoms with Gasteiger partial charge in [0.2, 0.25) is 0 Å². The number of rotatable bonds is 4. The first kappa shape index (κ1) is 20.9. The summed E-state index contributed by atoms with van der Waals surface area (Å²) in [5.74, 6) is 0.478. The third-order valence-electron chi connectivity index (χ3n) is 6.29. The molecule has 0 unspecified atom stereocenters.